The molecule has 1 fully saturated rings. The predicted molar refractivity (Wildman–Crippen MR) is 196 cm³/mol. The predicted octanol–water partition coefficient (Wildman–Crippen LogP) is 6.16. The zero-order valence-electron chi connectivity index (χ0n) is 28.4. The van der Waals surface area contributed by atoms with Crippen LogP contribution in [0.4, 0.5) is 22.7 Å². The van der Waals surface area contributed by atoms with Crippen LogP contribution in [0.3, 0.4) is 0 Å². The number of carbonyl (C=O) groups is 2. The number of nitrogens with zero attached hydrogens (tertiary/aromatic N) is 4. The normalized spacial score (nSPS) is 15.5. The Balaban J connectivity index is 1.45. The molecule has 0 spiro atoms. The third kappa shape index (κ3) is 7.67. The molecule has 1 aliphatic rings. The molecule has 1 aliphatic heterocycles. The molecule has 7 rings (SSSR count). The summed E-state index contributed by atoms with van der Waals surface area (Å²) in [6.45, 7) is 5.35. The molecule has 6 aromatic rings. The summed E-state index contributed by atoms with van der Waals surface area (Å²) in [4.78, 5) is 47.8. The van der Waals surface area contributed by atoms with Gasteiger partial charge in [0.2, 0.25) is 11.8 Å². The summed E-state index contributed by atoms with van der Waals surface area (Å²) in [6, 6.07) is 26.8. The first kappa shape index (κ1) is 34.0. The topological polar surface area (TPSA) is 137 Å². The molecule has 0 bridgehead atoms. The second-order valence-corrected chi connectivity index (χ2v) is 11.8. The van der Waals surface area contributed by atoms with Crippen molar-refractivity contribution in [3.63, 3.8) is 0 Å². The second kappa shape index (κ2) is 15.6. The van der Waals surface area contributed by atoms with Crippen molar-refractivity contribution in [2.45, 2.75) is 13.8 Å². The van der Waals surface area contributed by atoms with Gasteiger partial charge in [-0.05, 0) is 48.5 Å². The average molecular weight is 691 g/mol. The van der Waals surface area contributed by atoms with Crippen LogP contribution in [0.25, 0.3) is 43.6 Å². The SMILES string of the molecule is CC(=O)Nc1ccc(N2OCCOCCOCCOCCON2c2ccc(NC(C)=O)c3cc4ccccc4nc23)c2nc3ccccc3cc12. The zero-order chi connectivity index (χ0) is 35.2. The van der Waals surface area contributed by atoms with Gasteiger partial charge in [0, 0.05) is 35.4 Å². The molecule has 3 heterocycles. The van der Waals surface area contributed by atoms with Crippen LogP contribution in [0.2, 0.25) is 0 Å². The first-order valence-corrected chi connectivity index (χ1v) is 16.8. The van der Waals surface area contributed by atoms with E-state index in [0.29, 0.717) is 71.0 Å². The molecule has 0 unspecified atom stereocenters. The summed E-state index contributed by atoms with van der Waals surface area (Å²) in [7, 11) is 0. The van der Waals surface area contributed by atoms with Crippen molar-refractivity contribution >= 4 is 78.2 Å². The number of rotatable bonds is 4. The number of anilines is 4. The van der Waals surface area contributed by atoms with Crippen molar-refractivity contribution in [1.29, 1.82) is 0 Å². The van der Waals surface area contributed by atoms with Crippen molar-refractivity contribution in [1.82, 2.24) is 9.97 Å². The maximum atomic E-state index is 12.3. The van der Waals surface area contributed by atoms with E-state index < -0.39 is 0 Å². The van der Waals surface area contributed by atoms with E-state index >= 15 is 0 Å². The summed E-state index contributed by atoms with van der Waals surface area (Å²) >= 11 is 0. The van der Waals surface area contributed by atoms with Gasteiger partial charge in [0.1, 0.15) is 35.6 Å². The van der Waals surface area contributed by atoms with E-state index in [-0.39, 0.29) is 38.2 Å². The molecule has 13 nitrogen and oxygen atoms in total. The number of ether oxygens (including phenoxy) is 3. The van der Waals surface area contributed by atoms with Gasteiger partial charge in [0.15, 0.2) is 0 Å². The zero-order valence-corrected chi connectivity index (χ0v) is 28.4. The van der Waals surface area contributed by atoms with Crippen molar-refractivity contribution in [2.24, 2.45) is 0 Å². The van der Waals surface area contributed by atoms with Crippen LogP contribution >= 0.6 is 0 Å². The van der Waals surface area contributed by atoms with Crippen molar-refractivity contribution in [3.8, 4) is 0 Å². The lowest BCUT2D eigenvalue weighted by molar-refractivity contribution is -0.115. The summed E-state index contributed by atoms with van der Waals surface area (Å²) in [5.41, 5.74) is 4.86. The van der Waals surface area contributed by atoms with Gasteiger partial charge in [0.25, 0.3) is 0 Å². The molecule has 1 saturated heterocycles. The van der Waals surface area contributed by atoms with Gasteiger partial charge in [-0.1, -0.05) is 36.4 Å². The van der Waals surface area contributed by atoms with Crippen LogP contribution < -0.4 is 21.0 Å². The van der Waals surface area contributed by atoms with E-state index in [0.717, 1.165) is 21.8 Å². The van der Waals surface area contributed by atoms with E-state index in [1.807, 2.05) is 84.9 Å². The van der Waals surface area contributed by atoms with Gasteiger partial charge in [-0.15, -0.1) is 10.3 Å². The van der Waals surface area contributed by atoms with Crippen LogP contribution in [0.15, 0.2) is 84.9 Å². The van der Waals surface area contributed by atoms with E-state index in [4.69, 9.17) is 33.9 Å². The van der Waals surface area contributed by atoms with Gasteiger partial charge in [-0.25, -0.2) is 19.6 Å². The molecule has 2 aromatic heterocycles. The Bertz CT molecular complexity index is 2060. The third-order valence-corrected chi connectivity index (χ3v) is 8.15. The first-order valence-electron chi connectivity index (χ1n) is 16.8. The Hall–Kier alpha value is -5.44. The van der Waals surface area contributed by atoms with E-state index in [1.54, 1.807) is 0 Å². The lowest BCUT2D eigenvalue weighted by atomic mass is 10.1. The number of para-hydroxylation sites is 2. The minimum Gasteiger partial charge on any atom is -0.377 e. The minimum atomic E-state index is -0.210. The molecule has 2 amide bonds. The van der Waals surface area contributed by atoms with Crippen LogP contribution in [0, 0.1) is 0 Å². The summed E-state index contributed by atoms with van der Waals surface area (Å²) in [5.74, 6) is -0.421. The highest BCUT2D eigenvalue weighted by molar-refractivity contribution is 6.10. The Morgan fingerprint density at radius 3 is 1.35 bits per heavy atom. The Morgan fingerprint density at radius 2 is 0.941 bits per heavy atom. The van der Waals surface area contributed by atoms with Crippen molar-refractivity contribution in [2.75, 3.05) is 73.8 Å². The fourth-order valence-electron chi connectivity index (χ4n) is 5.95. The van der Waals surface area contributed by atoms with Crippen LogP contribution in [0.5, 0.6) is 0 Å². The van der Waals surface area contributed by atoms with Gasteiger partial charge in [-0.2, -0.15) is 0 Å². The number of fused-ring (bicyclic) bond motifs is 4. The molecular formula is C38H38N6O7. The molecule has 4 aromatic carbocycles. The quantitative estimate of drug-likeness (QED) is 0.206. The molecule has 0 saturated carbocycles. The number of carbonyl (C=O) groups excluding carboxylic acids is 2. The number of pyridine rings is 2. The highest BCUT2D eigenvalue weighted by Crippen LogP contribution is 2.39. The van der Waals surface area contributed by atoms with Gasteiger partial charge in [0.05, 0.1) is 62.0 Å². The second-order valence-electron chi connectivity index (χ2n) is 11.8. The minimum absolute atomic E-state index is 0.136. The number of hydrogen-bond acceptors (Lipinski definition) is 11. The number of benzene rings is 4. The maximum Gasteiger partial charge on any atom is 0.221 e. The molecule has 2 N–H and O–H groups in total. The fourth-order valence-corrected chi connectivity index (χ4v) is 5.95. The molecule has 13 heteroatoms. The first-order chi connectivity index (χ1) is 25.0. The summed E-state index contributed by atoms with van der Waals surface area (Å²) in [6.07, 6.45) is 0. The Morgan fingerprint density at radius 1 is 0.549 bits per heavy atom. The van der Waals surface area contributed by atoms with Gasteiger partial charge >= 0.3 is 0 Å². The maximum absolute atomic E-state index is 12.3. The van der Waals surface area contributed by atoms with E-state index in [2.05, 4.69) is 10.6 Å². The van der Waals surface area contributed by atoms with Crippen LogP contribution in [-0.4, -0.2) is 74.6 Å². The number of hydrogen-bond donors (Lipinski definition) is 2. The lowest BCUT2D eigenvalue weighted by Crippen LogP contribution is -2.45. The number of hydrazine groups is 1. The molecule has 0 atom stereocenters. The fraction of sp³-hybridized carbons (Fsp3) is 0.263. The molecule has 262 valence electrons. The van der Waals surface area contributed by atoms with E-state index in [1.165, 1.54) is 24.2 Å². The highest BCUT2D eigenvalue weighted by atomic mass is 16.8. The average Bonchev–Trinajstić information content (AvgIpc) is 3.13. The lowest BCUT2D eigenvalue weighted by Gasteiger charge is -2.36. The van der Waals surface area contributed by atoms with Crippen molar-refractivity contribution in [3.05, 3.63) is 84.9 Å². The van der Waals surface area contributed by atoms with Crippen LogP contribution in [-0.2, 0) is 33.5 Å². The summed E-state index contributed by atoms with van der Waals surface area (Å²) < 4.78 is 17.2. The van der Waals surface area contributed by atoms with Gasteiger partial charge in [-0.3, -0.25) is 9.59 Å². The Kier molecular flexibility index (Phi) is 10.4. The van der Waals surface area contributed by atoms with Gasteiger partial charge < -0.3 is 24.8 Å². The third-order valence-electron chi connectivity index (χ3n) is 8.15. The number of aromatic nitrogens is 2. The summed E-state index contributed by atoms with van der Waals surface area (Å²) in [5, 5.41) is 12.2. The van der Waals surface area contributed by atoms with Crippen LogP contribution in [0.1, 0.15) is 13.8 Å². The molecule has 0 radical (unpaired) electrons. The largest absolute Gasteiger partial charge is 0.377 e. The number of amides is 2. The van der Waals surface area contributed by atoms with E-state index in [9.17, 15) is 9.59 Å². The molecule has 0 aliphatic carbocycles. The van der Waals surface area contributed by atoms with Crippen molar-refractivity contribution < 1.29 is 33.5 Å². The Labute approximate surface area is 293 Å². The smallest absolute Gasteiger partial charge is 0.221 e. The molecular weight excluding hydrogens is 652 g/mol. The molecule has 51 heavy (non-hydrogen) atoms. The highest BCUT2D eigenvalue weighted by Gasteiger charge is 2.27. The monoisotopic (exact) mass is 690 g/mol. The number of nitrogens with one attached hydrogen (secondary N) is 2. The standard InChI is InChI=1S/C38H38N6O7/c1-25(45)39-33-11-13-35(37-29(33)23-27-7-3-5-9-31(27)41-37)43-44(51-22-20-49-18-16-47-15-17-48-19-21-50-43)36-14-12-34(40-26(2)46)30-24-28-8-4-6-10-32(28)42-38(30)36/h3-14,23-24H,15-22H2,1-2H3,(H,39,45)(H,40,46).